The first kappa shape index (κ1) is 18.1. The molecular weight excluding hydrogens is 349 g/mol. The van der Waals surface area contributed by atoms with E-state index in [0.29, 0.717) is 22.7 Å². The van der Waals surface area contributed by atoms with Gasteiger partial charge in [0.15, 0.2) is 0 Å². The van der Waals surface area contributed by atoms with E-state index in [-0.39, 0.29) is 11.7 Å². The molecule has 1 heterocycles. The molecule has 3 rings (SSSR count). The molecular formula is C21H20FNO2S. The quantitative estimate of drug-likeness (QED) is 0.632. The molecule has 26 heavy (non-hydrogen) atoms. The number of carbonyl (C=O) groups excluding carboxylic acids is 1. The van der Waals surface area contributed by atoms with Crippen LogP contribution in [0.2, 0.25) is 0 Å². The van der Waals surface area contributed by atoms with Crippen LogP contribution in [0.3, 0.4) is 0 Å². The summed E-state index contributed by atoms with van der Waals surface area (Å²) >= 11 is 1.34. The van der Waals surface area contributed by atoms with E-state index in [0.717, 1.165) is 22.4 Å². The Kier molecular flexibility index (Phi) is 5.38. The predicted octanol–water partition coefficient (Wildman–Crippen LogP) is 5.64. The summed E-state index contributed by atoms with van der Waals surface area (Å²) in [4.78, 5) is 12.9. The first-order chi connectivity index (χ1) is 12.4. The summed E-state index contributed by atoms with van der Waals surface area (Å²) in [5.74, 6) is 0.224. The number of hydrogen-bond donors (Lipinski definition) is 1. The largest absolute Gasteiger partial charge is 0.489 e. The van der Waals surface area contributed by atoms with Crippen LogP contribution < -0.4 is 10.1 Å². The molecule has 0 fully saturated rings. The third-order valence-electron chi connectivity index (χ3n) is 3.91. The van der Waals surface area contributed by atoms with Gasteiger partial charge in [-0.25, -0.2) is 4.39 Å². The lowest BCUT2D eigenvalue weighted by Crippen LogP contribution is -2.10. The van der Waals surface area contributed by atoms with E-state index in [2.05, 4.69) is 11.4 Å². The molecule has 3 aromatic rings. The van der Waals surface area contributed by atoms with Crippen LogP contribution in [-0.4, -0.2) is 5.91 Å². The number of amides is 1. The molecule has 0 radical (unpaired) electrons. The highest BCUT2D eigenvalue weighted by Gasteiger charge is 2.11. The molecule has 0 bridgehead atoms. The summed E-state index contributed by atoms with van der Waals surface area (Å²) in [5.41, 5.74) is 4.21. The maximum atomic E-state index is 13.6. The fraction of sp³-hybridized carbons (Fsp3) is 0.190. The smallest absolute Gasteiger partial charge is 0.265 e. The number of hydrogen-bond acceptors (Lipinski definition) is 3. The van der Waals surface area contributed by atoms with E-state index in [1.54, 1.807) is 25.1 Å². The average Bonchev–Trinajstić information content (AvgIpc) is 3.05. The van der Waals surface area contributed by atoms with Gasteiger partial charge in [0, 0.05) is 11.3 Å². The van der Waals surface area contributed by atoms with E-state index < -0.39 is 0 Å². The van der Waals surface area contributed by atoms with Crippen molar-refractivity contribution in [3.8, 4) is 5.75 Å². The number of rotatable bonds is 5. The molecule has 2 aromatic carbocycles. The fourth-order valence-electron chi connectivity index (χ4n) is 2.62. The molecule has 0 aliphatic carbocycles. The Balaban J connectivity index is 1.63. The molecule has 0 aliphatic rings. The number of aryl methyl sites for hydroxylation is 3. The van der Waals surface area contributed by atoms with Gasteiger partial charge in [0.25, 0.3) is 5.91 Å². The minimum Gasteiger partial charge on any atom is -0.489 e. The van der Waals surface area contributed by atoms with Crippen molar-refractivity contribution in [3.05, 3.63) is 80.8 Å². The lowest BCUT2D eigenvalue weighted by Gasteiger charge is -2.07. The number of halogens is 1. The topological polar surface area (TPSA) is 38.3 Å². The van der Waals surface area contributed by atoms with Crippen LogP contribution in [0.25, 0.3) is 0 Å². The number of benzene rings is 2. The van der Waals surface area contributed by atoms with Crippen LogP contribution in [-0.2, 0) is 6.61 Å². The van der Waals surface area contributed by atoms with Gasteiger partial charge in [-0.1, -0.05) is 12.1 Å². The molecule has 0 spiro atoms. The van der Waals surface area contributed by atoms with Crippen molar-refractivity contribution in [1.29, 1.82) is 0 Å². The first-order valence-corrected chi connectivity index (χ1v) is 9.15. The van der Waals surface area contributed by atoms with Gasteiger partial charge < -0.3 is 10.1 Å². The molecule has 1 N–H and O–H groups in total. The number of nitrogens with one attached hydrogen (secondary N) is 1. The van der Waals surface area contributed by atoms with Gasteiger partial charge in [-0.3, -0.25) is 4.79 Å². The third-order valence-corrected chi connectivity index (χ3v) is 4.89. The van der Waals surface area contributed by atoms with Crippen LogP contribution >= 0.6 is 11.3 Å². The van der Waals surface area contributed by atoms with Crippen LogP contribution in [0.15, 0.2) is 47.8 Å². The normalized spacial score (nSPS) is 10.6. The van der Waals surface area contributed by atoms with E-state index >= 15 is 0 Å². The molecule has 0 aliphatic heterocycles. The summed E-state index contributed by atoms with van der Waals surface area (Å²) in [7, 11) is 0. The van der Waals surface area contributed by atoms with Gasteiger partial charge in [0.1, 0.15) is 18.2 Å². The molecule has 1 amide bonds. The second kappa shape index (κ2) is 7.70. The average molecular weight is 369 g/mol. The maximum Gasteiger partial charge on any atom is 0.265 e. The van der Waals surface area contributed by atoms with Crippen molar-refractivity contribution in [2.75, 3.05) is 5.32 Å². The Hall–Kier alpha value is -2.66. The molecule has 0 unspecified atom stereocenters. The van der Waals surface area contributed by atoms with E-state index in [4.69, 9.17) is 4.74 Å². The first-order valence-electron chi connectivity index (χ1n) is 8.27. The number of anilines is 1. The minimum absolute atomic E-state index is 0.254. The molecule has 0 saturated heterocycles. The Bertz CT molecular complexity index is 929. The number of carbonyl (C=O) groups is 1. The summed E-state index contributed by atoms with van der Waals surface area (Å²) < 4.78 is 19.4. The molecule has 1 aromatic heterocycles. The lowest BCUT2D eigenvalue weighted by atomic mass is 10.1. The highest BCUT2D eigenvalue weighted by Crippen LogP contribution is 2.21. The van der Waals surface area contributed by atoms with Crippen LogP contribution in [0.5, 0.6) is 5.75 Å². The van der Waals surface area contributed by atoms with E-state index in [9.17, 15) is 9.18 Å². The SMILES string of the molecule is Cc1cc(C)cc(OCc2csc(C(=O)Nc3ccc(C)c(F)c3)c2)c1. The zero-order valence-electron chi connectivity index (χ0n) is 14.9. The fourth-order valence-corrected chi connectivity index (χ4v) is 3.41. The van der Waals surface area contributed by atoms with Crippen molar-refractivity contribution in [1.82, 2.24) is 0 Å². The van der Waals surface area contributed by atoms with Crippen LogP contribution in [0.1, 0.15) is 31.9 Å². The number of ether oxygens (including phenoxy) is 1. The summed E-state index contributed by atoms with van der Waals surface area (Å²) in [6.45, 7) is 6.13. The second-order valence-corrected chi connectivity index (χ2v) is 7.26. The van der Waals surface area contributed by atoms with Gasteiger partial charge in [-0.05, 0) is 73.2 Å². The zero-order valence-corrected chi connectivity index (χ0v) is 15.7. The highest BCUT2D eigenvalue weighted by molar-refractivity contribution is 7.12. The highest BCUT2D eigenvalue weighted by atomic mass is 32.1. The zero-order chi connectivity index (χ0) is 18.7. The van der Waals surface area contributed by atoms with Gasteiger partial charge in [0.2, 0.25) is 0 Å². The van der Waals surface area contributed by atoms with E-state index in [1.807, 2.05) is 31.4 Å². The van der Waals surface area contributed by atoms with Crippen molar-refractivity contribution in [3.63, 3.8) is 0 Å². The lowest BCUT2D eigenvalue weighted by molar-refractivity contribution is 0.103. The van der Waals surface area contributed by atoms with Gasteiger partial charge in [-0.15, -0.1) is 11.3 Å². The monoisotopic (exact) mass is 369 g/mol. The second-order valence-electron chi connectivity index (χ2n) is 6.35. The van der Waals surface area contributed by atoms with Gasteiger partial charge in [-0.2, -0.15) is 0 Å². The molecule has 3 nitrogen and oxygen atoms in total. The van der Waals surface area contributed by atoms with Crippen molar-refractivity contribution in [2.45, 2.75) is 27.4 Å². The summed E-state index contributed by atoms with van der Waals surface area (Å²) in [6.07, 6.45) is 0. The standard InChI is InChI=1S/C21H20FNO2S/c1-13-6-14(2)8-18(7-13)25-11-16-9-20(26-12-16)21(24)23-17-5-4-15(3)19(22)10-17/h4-10,12H,11H2,1-3H3,(H,23,24). The molecule has 5 heteroatoms. The van der Waals surface area contributed by atoms with Crippen LogP contribution in [0, 0.1) is 26.6 Å². The Morgan fingerprint density at radius 2 is 1.81 bits per heavy atom. The van der Waals surface area contributed by atoms with Gasteiger partial charge in [0.05, 0.1) is 4.88 Å². The van der Waals surface area contributed by atoms with Crippen molar-refractivity contribution < 1.29 is 13.9 Å². The third kappa shape index (κ3) is 4.49. The predicted molar refractivity (Wildman–Crippen MR) is 104 cm³/mol. The van der Waals surface area contributed by atoms with Crippen LogP contribution in [0.4, 0.5) is 10.1 Å². The summed E-state index contributed by atoms with van der Waals surface area (Å²) in [6, 6.07) is 12.5. The van der Waals surface area contributed by atoms with Gasteiger partial charge >= 0.3 is 0 Å². The van der Waals surface area contributed by atoms with E-state index in [1.165, 1.54) is 17.4 Å². The van der Waals surface area contributed by atoms with Crippen molar-refractivity contribution in [2.24, 2.45) is 0 Å². The van der Waals surface area contributed by atoms with Crippen molar-refractivity contribution >= 4 is 22.9 Å². The Labute approximate surface area is 156 Å². The summed E-state index contributed by atoms with van der Waals surface area (Å²) in [5, 5.41) is 4.62. The number of thiophene rings is 1. The minimum atomic E-state index is -0.337. The Morgan fingerprint density at radius 1 is 1.08 bits per heavy atom. The molecule has 0 saturated carbocycles. The molecule has 0 atom stereocenters. The molecule has 134 valence electrons. The Morgan fingerprint density at radius 3 is 2.50 bits per heavy atom. The maximum absolute atomic E-state index is 13.6.